The minimum Gasteiger partial charge on any atom is -0.0985 e. The van der Waals surface area contributed by atoms with Gasteiger partial charge in [0.25, 0.3) is 0 Å². The lowest BCUT2D eigenvalue weighted by Gasteiger charge is -2.16. The summed E-state index contributed by atoms with van der Waals surface area (Å²) >= 11 is 0. The van der Waals surface area contributed by atoms with Gasteiger partial charge in [-0.2, -0.15) is 0 Å². The fourth-order valence-corrected chi connectivity index (χ4v) is 2.62. The molecule has 0 radical (unpaired) electrons. The minimum absolute atomic E-state index is 0.557. The van der Waals surface area contributed by atoms with E-state index in [1.807, 2.05) is 6.08 Å². The Morgan fingerprint density at radius 3 is 2.86 bits per heavy atom. The van der Waals surface area contributed by atoms with Crippen molar-refractivity contribution < 1.29 is 0 Å². The van der Waals surface area contributed by atoms with Gasteiger partial charge in [-0.05, 0) is 43.2 Å². The molecule has 0 saturated carbocycles. The van der Waals surface area contributed by atoms with E-state index >= 15 is 0 Å². The molecule has 0 heterocycles. The Bertz CT molecular complexity index is 575. The van der Waals surface area contributed by atoms with Crippen LogP contribution in [0, 0.1) is 17.8 Å². The lowest BCUT2D eigenvalue weighted by atomic mass is 9.89. The summed E-state index contributed by atoms with van der Waals surface area (Å²) in [6.45, 7) is 2.20. The maximum atomic E-state index is 3.21. The maximum absolute atomic E-state index is 3.21. The predicted molar refractivity (Wildman–Crippen MR) is 97.3 cm³/mol. The molecular weight excluding hydrogens is 264 g/mol. The zero-order chi connectivity index (χ0) is 15.5. The Morgan fingerprint density at radius 2 is 2.05 bits per heavy atom. The highest BCUT2D eigenvalue weighted by molar-refractivity contribution is 5.49. The molecule has 0 saturated heterocycles. The molecule has 114 valence electrons. The molecule has 0 bridgehead atoms. The molecule has 0 N–H and O–H groups in total. The normalized spacial score (nSPS) is 18.2. The monoisotopic (exact) mass is 290 g/mol. The lowest BCUT2D eigenvalue weighted by Crippen LogP contribution is -2.00. The van der Waals surface area contributed by atoms with Crippen molar-refractivity contribution in [2.24, 2.45) is 5.92 Å². The second-order valence-corrected chi connectivity index (χ2v) is 5.83. The molecule has 0 amide bonds. The van der Waals surface area contributed by atoms with Crippen molar-refractivity contribution in [1.82, 2.24) is 0 Å². The van der Waals surface area contributed by atoms with E-state index in [-0.39, 0.29) is 0 Å². The molecule has 1 aromatic carbocycles. The molecule has 0 nitrogen and oxygen atoms in total. The highest BCUT2D eigenvalue weighted by atomic mass is 14.1. The van der Waals surface area contributed by atoms with Crippen LogP contribution in [0.1, 0.15) is 51.0 Å². The van der Waals surface area contributed by atoms with Gasteiger partial charge in [0.1, 0.15) is 0 Å². The summed E-state index contributed by atoms with van der Waals surface area (Å²) in [7, 11) is 0. The van der Waals surface area contributed by atoms with Gasteiger partial charge in [0.15, 0.2) is 0 Å². The van der Waals surface area contributed by atoms with E-state index in [1.54, 1.807) is 0 Å². The molecule has 0 aliphatic heterocycles. The van der Waals surface area contributed by atoms with Gasteiger partial charge in [0, 0.05) is 6.42 Å². The number of allylic oxidation sites excluding steroid dienone is 5. The Hall–Kier alpha value is -2.00. The van der Waals surface area contributed by atoms with Crippen molar-refractivity contribution in [3.8, 4) is 11.8 Å². The van der Waals surface area contributed by atoms with Crippen LogP contribution in [-0.4, -0.2) is 0 Å². The third-order valence-electron chi connectivity index (χ3n) is 3.90. The van der Waals surface area contributed by atoms with E-state index in [1.165, 1.54) is 43.2 Å². The summed E-state index contributed by atoms with van der Waals surface area (Å²) in [5, 5.41) is 0. The summed E-state index contributed by atoms with van der Waals surface area (Å²) in [6, 6.07) is 10.5. The molecule has 0 aromatic heterocycles. The van der Waals surface area contributed by atoms with Gasteiger partial charge in [-0.1, -0.05) is 85.4 Å². The number of unbranched alkanes of at least 4 members (excludes halogenated alkanes) is 2. The molecule has 0 fully saturated rings. The maximum Gasteiger partial charge on any atom is 0.00921 e. The topological polar surface area (TPSA) is 0 Å². The fourth-order valence-electron chi connectivity index (χ4n) is 2.62. The van der Waals surface area contributed by atoms with Crippen LogP contribution in [0.15, 0.2) is 60.2 Å². The third kappa shape index (κ3) is 6.19. The quantitative estimate of drug-likeness (QED) is 0.449. The van der Waals surface area contributed by atoms with Crippen molar-refractivity contribution in [2.45, 2.75) is 45.4 Å². The zero-order valence-electron chi connectivity index (χ0n) is 13.6. The summed E-state index contributed by atoms with van der Waals surface area (Å²) in [6.07, 6.45) is 18.3. The first-order chi connectivity index (χ1) is 10.9. The van der Waals surface area contributed by atoms with E-state index in [2.05, 4.69) is 73.4 Å². The van der Waals surface area contributed by atoms with E-state index in [0.717, 1.165) is 6.42 Å². The largest absolute Gasteiger partial charge is 0.0985 e. The number of hydrogen-bond donors (Lipinski definition) is 0. The van der Waals surface area contributed by atoms with Crippen molar-refractivity contribution >= 4 is 6.08 Å². The Kier molecular flexibility index (Phi) is 7.33. The van der Waals surface area contributed by atoms with Gasteiger partial charge in [0.2, 0.25) is 0 Å². The van der Waals surface area contributed by atoms with Gasteiger partial charge < -0.3 is 0 Å². The molecule has 2 rings (SSSR count). The first kappa shape index (κ1) is 16.4. The summed E-state index contributed by atoms with van der Waals surface area (Å²) in [5.74, 6) is 6.91. The van der Waals surface area contributed by atoms with Crippen molar-refractivity contribution in [1.29, 1.82) is 0 Å². The SMILES string of the molecule is CCCCC#C/C=C\C1=CC(/C=C\c2ccccc2)CCC1. The average Bonchev–Trinajstić information content (AvgIpc) is 2.57. The van der Waals surface area contributed by atoms with Crippen LogP contribution in [0.4, 0.5) is 0 Å². The van der Waals surface area contributed by atoms with Crippen LogP contribution in [0.25, 0.3) is 6.08 Å². The number of benzene rings is 1. The second kappa shape index (κ2) is 9.85. The molecule has 1 aliphatic carbocycles. The summed E-state index contributed by atoms with van der Waals surface area (Å²) in [4.78, 5) is 0. The lowest BCUT2D eigenvalue weighted by molar-refractivity contribution is 0.619. The zero-order valence-corrected chi connectivity index (χ0v) is 13.6. The molecule has 1 unspecified atom stereocenters. The molecule has 22 heavy (non-hydrogen) atoms. The van der Waals surface area contributed by atoms with Gasteiger partial charge in [-0.15, -0.1) is 0 Å². The van der Waals surface area contributed by atoms with Gasteiger partial charge in [0.05, 0.1) is 0 Å². The Labute approximate surface area is 135 Å². The van der Waals surface area contributed by atoms with Gasteiger partial charge in [-0.3, -0.25) is 0 Å². The predicted octanol–water partition coefficient (Wildman–Crippen LogP) is 6.18. The number of rotatable bonds is 5. The highest BCUT2D eigenvalue weighted by Gasteiger charge is 2.09. The Balaban J connectivity index is 1.90. The van der Waals surface area contributed by atoms with Crippen LogP contribution in [0.3, 0.4) is 0 Å². The minimum atomic E-state index is 0.557. The van der Waals surface area contributed by atoms with E-state index < -0.39 is 0 Å². The van der Waals surface area contributed by atoms with Crippen molar-refractivity contribution in [3.63, 3.8) is 0 Å². The summed E-state index contributed by atoms with van der Waals surface area (Å²) in [5.41, 5.74) is 2.71. The first-order valence-electron chi connectivity index (χ1n) is 8.47. The van der Waals surface area contributed by atoms with Crippen molar-refractivity contribution in [2.75, 3.05) is 0 Å². The second-order valence-electron chi connectivity index (χ2n) is 5.83. The molecule has 0 heteroatoms. The Morgan fingerprint density at radius 1 is 1.18 bits per heavy atom. The van der Waals surface area contributed by atoms with Crippen LogP contribution in [0.5, 0.6) is 0 Å². The van der Waals surface area contributed by atoms with Crippen LogP contribution in [-0.2, 0) is 0 Å². The molecule has 1 aliphatic rings. The standard InChI is InChI=1S/C22H26/c1-2-3-4-5-6-8-14-21-15-11-16-22(19-21)18-17-20-12-9-7-10-13-20/h7-10,12-14,17-19,22H,2-4,11,15-16H2,1H3/b14-8-,18-17-. The van der Waals surface area contributed by atoms with E-state index in [0.29, 0.717) is 5.92 Å². The van der Waals surface area contributed by atoms with Gasteiger partial charge >= 0.3 is 0 Å². The smallest absolute Gasteiger partial charge is 0.00921 e. The average molecular weight is 290 g/mol. The van der Waals surface area contributed by atoms with Gasteiger partial charge in [-0.25, -0.2) is 0 Å². The molecule has 1 atom stereocenters. The van der Waals surface area contributed by atoms with E-state index in [4.69, 9.17) is 0 Å². The molecule has 1 aromatic rings. The first-order valence-corrected chi connectivity index (χ1v) is 8.47. The van der Waals surface area contributed by atoms with Crippen LogP contribution < -0.4 is 0 Å². The fraction of sp³-hybridized carbons (Fsp3) is 0.364. The van der Waals surface area contributed by atoms with E-state index in [9.17, 15) is 0 Å². The van der Waals surface area contributed by atoms with Crippen LogP contribution >= 0.6 is 0 Å². The van der Waals surface area contributed by atoms with Crippen LogP contribution in [0.2, 0.25) is 0 Å². The third-order valence-corrected chi connectivity index (χ3v) is 3.90. The van der Waals surface area contributed by atoms with Crippen molar-refractivity contribution in [3.05, 3.63) is 65.8 Å². The summed E-state index contributed by atoms with van der Waals surface area (Å²) < 4.78 is 0. The molecule has 0 spiro atoms. The highest BCUT2D eigenvalue weighted by Crippen LogP contribution is 2.25. The number of hydrogen-bond acceptors (Lipinski definition) is 0. The molecular formula is C22H26.